The molecule has 0 aromatic heterocycles. The monoisotopic (exact) mass is 275 g/mol. The van der Waals surface area contributed by atoms with Crippen LogP contribution in [-0.2, 0) is 4.79 Å². The van der Waals surface area contributed by atoms with Gasteiger partial charge in [-0.2, -0.15) is 5.26 Å². The van der Waals surface area contributed by atoms with E-state index in [0.717, 1.165) is 5.56 Å². The van der Waals surface area contributed by atoms with Gasteiger partial charge in [0.05, 0.1) is 12.0 Å². The first-order chi connectivity index (χ1) is 8.89. The Morgan fingerprint density at radius 3 is 2.53 bits per heavy atom. The number of nitrogens with zero attached hydrogens (tertiary/aromatic N) is 1. The second-order valence-electron chi connectivity index (χ2n) is 5.35. The number of allylic oxidation sites excluding steroid dienone is 1. The average molecular weight is 276 g/mol. The summed E-state index contributed by atoms with van der Waals surface area (Å²) in [5.41, 5.74) is 0.840. The molecule has 1 aromatic rings. The Balaban J connectivity index is 2.36. The summed E-state index contributed by atoms with van der Waals surface area (Å²) in [6, 6.07) is 9.32. The largest absolute Gasteiger partial charge is 0.481 e. The molecule has 19 heavy (non-hydrogen) atoms. The molecule has 0 bridgehead atoms. The van der Waals surface area contributed by atoms with Gasteiger partial charge in [0, 0.05) is 16.5 Å². The Labute approximate surface area is 117 Å². The van der Waals surface area contributed by atoms with Crippen molar-refractivity contribution >= 4 is 23.6 Å². The SMILES string of the molecule is CC1(C)[C@H](C(=O)O)[C@H]1C(C#N)=Cc1ccccc1Cl. The zero-order valence-electron chi connectivity index (χ0n) is 10.7. The molecule has 3 nitrogen and oxygen atoms in total. The van der Waals surface area contributed by atoms with Crippen LogP contribution in [-0.4, -0.2) is 11.1 Å². The van der Waals surface area contributed by atoms with E-state index in [2.05, 4.69) is 6.07 Å². The Hall–Kier alpha value is -1.79. The summed E-state index contributed by atoms with van der Waals surface area (Å²) < 4.78 is 0. The lowest BCUT2D eigenvalue weighted by atomic mass is 10.0. The van der Waals surface area contributed by atoms with Crippen molar-refractivity contribution in [1.82, 2.24) is 0 Å². The fourth-order valence-corrected chi connectivity index (χ4v) is 2.82. The smallest absolute Gasteiger partial charge is 0.307 e. The molecular formula is C15H14ClNO2. The van der Waals surface area contributed by atoms with Crippen molar-refractivity contribution in [2.24, 2.45) is 17.3 Å². The highest BCUT2D eigenvalue weighted by Crippen LogP contribution is 2.61. The highest BCUT2D eigenvalue weighted by atomic mass is 35.5. The molecule has 1 saturated carbocycles. The zero-order chi connectivity index (χ0) is 14.2. The number of benzene rings is 1. The van der Waals surface area contributed by atoms with E-state index in [4.69, 9.17) is 16.7 Å². The van der Waals surface area contributed by atoms with Crippen LogP contribution in [0.4, 0.5) is 0 Å². The van der Waals surface area contributed by atoms with Gasteiger partial charge in [-0.15, -0.1) is 0 Å². The van der Waals surface area contributed by atoms with E-state index in [-0.39, 0.29) is 11.3 Å². The number of carboxylic acids is 1. The summed E-state index contributed by atoms with van der Waals surface area (Å²) >= 11 is 6.05. The lowest BCUT2D eigenvalue weighted by Gasteiger charge is -2.02. The fraction of sp³-hybridized carbons (Fsp3) is 0.333. The number of hydrogen-bond donors (Lipinski definition) is 1. The third kappa shape index (κ3) is 2.36. The Morgan fingerprint density at radius 2 is 2.05 bits per heavy atom. The Morgan fingerprint density at radius 1 is 1.42 bits per heavy atom. The maximum atomic E-state index is 11.2. The van der Waals surface area contributed by atoms with Crippen LogP contribution >= 0.6 is 11.6 Å². The van der Waals surface area contributed by atoms with Gasteiger partial charge in [0.1, 0.15) is 0 Å². The average Bonchev–Trinajstić information content (AvgIpc) is 2.91. The summed E-state index contributed by atoms with van der Waals surface area (Å²) in [5, 5.41) is 19.0. The number of aliphatic carboxylic acids is 1. The van der Waals surface area contributed by atoms with Gasteiger partial charge in [0.2, 0.25) is 0 Å². The van der Waals surface area contributed by atoms with Gasteiger partial charge in [0.15, 0.2) is 0 Å². The molecule has 0 amide bonds. The second kappa shape index (κ2) is 4.71. The molecule has 1 N–H and O–H groups in total. The normalized spacial score (nSPS) is 24.6. The van der Waals surface area contributed by atoms with Crippen molar-refractivity contribution < 1.29 is 9.90 Å². The van der Waals surface area contributed by atoms with E-state index in [1.165, 1.54) is 0 Å². The van der Waals surface area contributed by atoms with Gasteiger partial charge in [-0.05, 0) is 23.1 Å². The molecule has 2 rings (SSSR count). The van der Waals surface area contributed by atoms with E-state index < -0.39 is 11.9 Å². The second-order valence-corrected chi connectivity index (χ2v) is 5.76. The van der Waals surface area contributed by atoms with Crippen molar-refractivity contribution in [2.75, 3.05) is 0 Å². The van der Waals surface area contributed by atoms with Crippen molar-refractivity contribution in [3.8, 4) is 6.07 Å². The summed E-state index contributed by atoms with van der Waals surface area (Å²) in [6.45, 7) is 3.74. The van der Waals surface area contributed by atoms with E-state index in [9.17, 15) is 10.1 Å². The molecule has 98 valence electrons. The summed E-state index contributed by atoms with van der Waals surface area (Å²) in [6.07, 6.45) is 1.69. The number of hydrogen-bond acceptors (Lipinski definition) is 2. The highest BCUT2D eigenvalue weighted by molar-refractivity contribution is 6.32. The van der Waals surface area contributed by atoms with Gasteiger partial charge < -0.3 is 5.11 Å². The molecule has 2 atom stereocenters. The van der Waals surface area contributed by atoms with Crippen LogP contribution in [0.1, 0.15) is 19.4 Å². The molecule has 4 heteroatoms. The van der Waals surface area contributed by atoms with Crippen molar-refractivity contribution in [3.05, 3.63) is 40.4 Å². The van der Waals surface area contributed by atoms with E-state index in [0.29, 0.717) is 10.6 Å². The summed E-state index contributed by atoms with van der Waals surface area (Å²) in [4.78, 5) is 11.2. The van der Waals surface area contributed by atoms with Crippen molar-refractivity contribution in [3.63, 3.8) is 0 Å². The molecule has 1 fully saturated rings. The third-order valence-corrected chi connectivity index (χ3v) is 4.12. The van der Waals surface area contributed by atoms with Gasteiger partial charge in [-0.1, -0.05) is 43.6 Å². The minimum Gasteiger partial charge on any atom is -0.481 e. The van der Waals surface area contributed by atoms with Crippen molar-refractivity contribution in [1.29, 1.82) is 5.26 Å². The van der Waals surface area contributed by atoms with E-state index in [1.807, 2.05) is 32.0 Å². The lowest BCUT2D eigenvalue weighted by Crippen LogP contribution is -2.03. The molecule has 1 aliphatic carbocycles. The standard InChI is InChI=1S/C15H14ClNO2/c1-15(2)12(13(15)14(18)19)10(8-17)7-9-5-3-4-6-11(9)16/h3-7,12-13H,1-2H3,(H,18,19)/t12-,13+/m1/s1. The molecule has 0 aliphatic heterocycles. The Kier molecular flexibility index (Phi) is 3.38. The van der Waals surface area contributed by atoms with Gasteiger partial charge in [-0.3, -0.25) is 4.79 Å². The van der Waals surface area contributed by atoms with E-state index >= 15 is 0 Å². The molecule has 0 heterocycles. The lowest BCUT2D eigenvalue weighted by molar-refractivity contribution is -0.139. The quantitative estimate of drug-likeness (QED) is 0.857. The van der Waals surface area contributed by atoms with Gasteiger partial charge >= 0.3 is 5.97 Å². The van der Waals surface area contributed by atoms with E-state index in [1.54, 1.807) is 12.1 Å². The zero-order valence-corrected chi connectivity index (χ0v) is 11.5. The predicted molar refractivity (Wildman–Crippen MR) is 73.4 cm³/mol. The van der Waals surface area contributed by atoms with Crippen LogP contribution in [0.15, 0.2) is 29.8 Å². The molecule has 1 aliphatic rings. The molecule has 0 radical (unpaired) electrons. The van der Waals surface area contributed by atoms with Crippen LogP contribution in [0.3, 0.4) is 0 Å². The third-order valence-electron chi connectivity index (χ3n) is 3.77. The highest BCUT2D eigenvalue weighted by Gasteiger charge is 2.63. The first-order valence-corrected chi connectivity index (χ1v) is 6.36. The maximum Gasteiger partial charge on any atom is 0.307 e. The number of carboxylic acid groups (broad SMARTS) is 1. The number of nitriles is 1. The minimum atomic E-state index is -0.852. The first kappa shape index (κ1) is 13.6. The molecule has 0 saturated heterocycles. The minimum absolute atomic E-state index is 0.244. The molecular weight excluding hydrogens is 262 g/mol. The summed E-state index contributed by atoms with van der Waals surface area (Å²) in [7, 11) is 0. The maximum absolute atomic E-state index is 11.2. The topological polar surface area (TPSA) is 61.1 Å². The number of carbonyl (C=O) groups is 1. The van der Waals surface area contributed by atoms with Crippen LogP contribution < -0.4 is 0 Å². The number of halogens is 1. The summed E-state index contributed by atoms with van der Waals surface area (Å²) in [5.74, 6) is -1.59. The molecule has 0 spiro atoms. The van der Waals surface area contributed by atoms with Crippen LogP contribution in [0, 0.1) is 28.6 Å². The van der Waals surface area contributed by atoms with Crippen LogP contribution in [0.5, 0.6) is 0 Å². The van der Waals surface area contributed by atoms with Crippen molar-refractivity contribution in [2.45, 2.75) is 13.8 Å². The molecule has 0 unspecified atom stereocenters. The predicted octanol–water partition coefficient (Wildman–Crippen LogP) is 3.60. The van der Waals surface area contributed by atoms with Crippen LogP contribution in [0.25, 0.3) is 6.08 Å². The fourth-order valence-electron chi connectivity index (χ4n) is 2.63. The Bertz CT molecular complexity index is 598. The van der Waals surface area contributed by atoms with Gasteiger partial charge in [-0.25, -0.2) is 0 Å². The first-order valence-electron chi connectivity index (χ1n) is 5.98. The number of rotatable bonds is 3. The van der Waals surface area contributed by atoms with Crippen LogP contribution in [0.2, 0.25) is 5.02 Å². The van der Waals surface area contributed by atoms with Gasteiger partial charge in [0.25, 0.3) is 0 Å². The molecule has 1 aromatic carbocycles.